The summed E-state index contributed by atoms with van der Waals surface area (Å²) >= 11 is 0. The largest absolute Gasteiger partial charge is 0.330 e. The summed E-state index contributed by atoms with van der Waals surface area (Å²) in [6.45, 7) is 5.57. The molecule has 0 radical (unpaired) electrons. The summed E-state index contributed by atoms with van der Waals surface area (Å²) < 4.78 is 0. The minimum atomic E-state index is 0.557. The fourth-order valence-corrected chi connectivity index (χ4v) is 3.29. The molecule has 0 heterocycles. The Morgan fingerprint density at radius 1 is 1.33 bits per heavy atom. The summed E-state index contributed by atoms with van der Waals surface area (Å²) in [6, 6.07) is 0. The molecule has 0 aromatic carbocycles. The average molecular weight is 167 g/mol. The predicted octanol–water partition coefficient (Wildman–Crippen LogP) is 2.41. The van der Waals surface area contributed by atoms with Crippen LogP contribution in [0.2, 0.25) is 0 Å². The zero-order valence-corrected chi connectivity index (χ0v) is 8.34. The van der Waals surface area contributed by atoms with E-state index in [0.29, 0.717) is 5.41 Å². The Bertz CT molecular complexity index is 164. The minimum absolute atomic E-state index is 0.557. The SMILES string of the molecule is CC(C)CC1(CN)CC2CC2C1. The lowest BCUT2D eigenvalue weighted by Crippen LogP contribution is -2.30. The number of rotatable bonds is 3. The highest BCUT2D eigenvalue weighted by molar-refractivity contribution is 5.03. The van der Waals surface area contributed by atoms with Gasteiger partial charge < -0.3 is 5.73 Å². The molecule has 1 nitrogen and oxygen atoms in total. The molecule has 70 valence electrons. The van der Waals surface area contributed by atoms with Gasteiger partial charge >= 0.3 is 0 Å². The van der Waals surface area contributed by atoms with Crippen molar-refractivity contribution in [1.29, 1.82) is 0 Å². The van der Waals surface area contributed by atoms with E-state index in [1.807, 2.05) is 0 Å². The maximum atomic E-state index is 5.90. The third kappa shape index (κ3) is 1.39. The summed E-state index contributed by atoms with van der Waals surface area (Å²) in [5, 5.41) is 0. The highest BCUT2D eigenvalue weighted by Gasteiger charge is 2.52. The van der Waals surface area contributed by atoms with Crippen LogP contribution in [0.4, 0.5) is 0 Å². The molecule has 0 saturated heterocycles. The predicted molar refractivity (Wildman–Crippen MR) is 51.8 cm³/mol. The molecule has 2 aliphatic rings. The zero-order valence-electron chi connectivity index (χ0n) is 8.34. The Balaban J connectivity index is 1.96. The number of nitrogens with two attached hydrogens (primary N) is 1. The van der Waals surface area contributed by atoms with Crippen LogP contribution in [0.1, 0.15) is 39.5 Å². The van der Waals surface area contributed by atoms with Gasteiger partial charge in [0.25, 0.3) is 0 Å². The third-order valence-corrected chi connectivity index (χ3v) is 3.73. The van der Waals surface area contributed by atoms with E-state index in [1.54, 1.807) is 0 Å². The van der Waals surface area contributed by atoms with E-state index in [2.05, 4.69) is 13.8 Å². The van der Waals surface area contributed by atoms with Gasteiger partial charge in [-0.25, -0.2) is 0 Å². The fourth-order valence-electron chi connectivity index (χ4n) is 3.29. The van der Waals surface area contributed by atoms with E-state index in [0.717, 1.165) is 24.3 Å². The number of fused-ring (bicyclic) bond motifs is 1. The molecule has 0 spiro atoms. The molecule has 0 aliphatic heterocycles. The van der Waals surface area contributed by atoms with Gasteiger partial charge in [-0.1, -0.05) is 13.8 Å². The summed E-state index contributed by atoms with van der Waals surface area (Å²) in [4.78, 5) is 0. The van der Waals surface area contributed by atoms with E-state index in [-0.39, 0.29) is 0 Å². The Hall–Kier alpha value is -0.0400. The van der Waals surface area contributed by atoms with Crippen LogP contribution in [0, 0.1) is 23.2 Å². The topological polar surface area (TPSA) is 26.0 Å². The van der Waals surface area contributed by atoms with Gasteiger partial charge in [-0.2, -0.15) is 0 Å². The first-order chi connectivity index (χ1) is 5.65. The molecule has 2 fully saturated rings. The maximum Gasteiger partial charge on any atom is -0.00202 e. The normalized spacial score (nSPS) is 45.0. The highest BCUT2D eigenvalue weighted by atomic mass is 14.7. The van der Waals surface area contributed by atoms with Gasteiger partial charge in [0.15, 0.2) is 0 Å². The van der Waals surface area contributed by atoms with Crippen LogP contribution in [0.25, 0.3) is 0 Å². The van der Waals surface area contributed by atoms with Crippen molar-refractivity contribution in [1.82, 2.24) is 0 Å². The van der Waals surface area contributed by atoms with Crippen LogP contribution < -0.4 is 5.73 Å². The zero-order chi connectivity index (χ0) is 8.77. The van der Waals surface area contributed by atoms with Gasteiger partial charge in [-0.05, 0) is 55.4 Å². The second-order valence-electron chi connectivity index (χ2n) is 5.47. The first-order valence-electron chi connectivity index (χ1n) is 5.35. The summed E-state index contributed by atoms with van der Waals surface area (Å²) in [5.74, 6) is 2.98. The van der Waals surface area contributed by atoms with Crippen LogP contribution in [-0.2, 0) is 0 Å². The van der Waals surface area contributed by atoms with Crippen molar-refractivity contribution in [3.05, 3.63) is 0 Å². The van der Waals surface area contributed by atoms with Crippen LogP contribution >= 0.6 is 0 Å². The van der Waals surface area contributed by atoms with Crippen molar-refractivity contribution in [3.8, 4) is 0 Å². The Kier molecular flexibility index (Phi) is 1.95. The molecule has 2 N–H and O–H groups in total. The van der Waals surface area contributed by atoms with Crippen LogP contribution in [0.3, 0.4) is 0 Å². The molecule has 12 heavy (non-hydrogen) atoms. The molecular formula is C11H21N. The molecule has 0 bridgehead atoms. The van der Waals surface area contributed by atoms with Gasteiger partial charge in [0.2, 0.25) is 0 Å². The smallest absolute Gasteiger partial charge is 0.00202 e. The second-order valence-corrected chi connectivity index (χ2v) is 5.47. The third-order valence-electron chi connectivity index (χ3n) is 3.73. The first-order valence-corrected chi connectivity index (χ1v) is 5.35. The van der Waals surface area contributed by atoms with Gasteiger partial charge in [0.05, 0.1) is 0 Å². The second kappa shape index (κ2) is 2.73. The van der Waals surface area contributed by atoms with Crippen molar-refractivity contribution >= 4 is 0 Å². The summed E-state index contributed by atoms with van der Waals surface area (Å²) in [6.07, 6.45) is 5.75. The quantitative estimate of drug-likeness (QED) is 0.686. The monoisotopic (exact) mass is 167 g/mol. The fraction of sp³-hybridized carbons (Fsp3) is 1.00. The molecule has 2 unspecified atom stereocenters. The average Bonchev–Trinajstić information content (AvgIpc) is 2.59. The van der Waals surface area contributed by atoms with Crippen molar-refractivity contribution < 1.29 is 0 Å². The Labute approximate surface area is 75.7 Å². The highest BCUT2D eigenvalue weighted by Crippen LogP contribution is 2.61. The molecule has 2 aliphatic carbocycles. The van der Waals surface area contributed by atoms with E-state index < -0.39 is 0 Å². The lowest BCUT2D eigenvalue weighted by Gasteiger charge is -2.31. The summed E-state index contributed by atoms with van der Waals surface area (Å²) in [5.41, 5.74) is 6.46. The van der Waals surface area contributed by atoms with E-state index in [4.69, 9.17) is 5.73 Å². The maximum absolute atomic E-state index is 5.90. The van der Waals surface area contributed by atoms with Crippen LogP contribution in [0.15, 0.2) is 0 Å². The van der Waals surface area contributed by atoms with Crippen molar-refractivity contribution in [2.24, 2.45) is 28.9 Å². The lowest BCUT2D eigenvalue weighted by atomic mass is 9.76. The molecule has 2 rings (SSSR count). The Morgan fingerprint density at radius 2 is 1.92 bits per heavy atom. The summed E-state index contributed by atoms with van der Waals surface area (Å²) in [7, 11) is 0. The number of hydrogen-bond donors (Lipinski definition) is 1. The molecule has 0 aromatic heterocycles. The molecule has 0 amide bonds. The van der Waals surface area contributed by atoms with Crippen LogP contribution in [0.5, 0.6) is 0 Å². The van der Waals surface area contributed by atoms with Gasteiger partial charge in [0, 0.05) is 0 Å². The lowest BCUT2D eigenvalue weighted by molar-refractivity contribution is 0.219. The minimum Gasteiger partial charge on any atom is -0.330 e. The van der Waals surface area contributed by atoms with E-state index in [1.165, 1.54) is 25.7 Å². The number of hydrogen-bond acceptors (Lipinski definition) is 1. The Morgan fingerprint density at radius 3 is 2.33 bits per heavy atom. The van der Waals surface area contributed by atoms with Crippen molar-refractivity contribution in [2.45, 2.75) is 39.5 Å². The van der Waals surface area contributed by atoms with Crippen molar-refractivity contribution in [3.63, 3.8) is 0 Å². The van der Waals surface area contributed by atoms with E-state index >= 15 is 0 Å². The molecule has 1 heteroatoms. The van der Waals surface area contributed by atoms with Crippen molar-refractivity contribution in [2.75, 3.05) is 6.54 Å². The molecule has 0 aromatic rings. The molecule has 2 atom stereocenters. The first kappa shape index (κ1) is 8.55. The van der Waals surface area contributed by atoms with Gasteiger partial charge in [-0.3, -0.25) is 0 Å². The van der Waals surface area contributed by atoms with Crippen LogP contribution in [-0.4, -0.2) is 6.54 Å². The standard InChI is InChI=1S/C11H21N/c1-8(2)4-11(7-12)5-9-3-10(9)6-11/h8-10H,3-7,12H2,1-2H3. The van der Waals surface area contributed by atoms with Gasteiger partial charge in [-0.15, -0.1) is 0 Å². The molecule has 2 saturated carbocycles. The van der Waals surface area contributed by atoms with E-state index in [9.17, 15) is 0 Å². The molecular weight excluding hydrogens is 146 g/mol. The van der Waals surface area contributed by atoms with Gasteiger partial charge in [0.1, 0.15) is 0 Å².